The van der Waals surface area contributed by atoms with Gasteiger partial charge in [0.05, 0.1) is 6.61 Å². The van der Waals surface area contributed by atoms with Crippen LogP contribution in [-0.2, 0) is 11.2 Å². The Balaban J connectivity index is 2.47. The molecule has 1 aliphatic heterocycles. The van der Waals surface area contributed by atoms with E-state index in [-0.39, 0.29) is 17.9 Å². The van der Waals surface area contributed by atoms with Gasteiger partial charge in [-0.3, -0.25) is 4.79 Å². The van der Waals surface area contributed by atoms with Crippen molar-refractivity contribution in [2.24, 2.45) is 5.41 Å². The minimum Gasteiger partial charge on any atom is -0.395 e. The van der Waals surface area contributed by atoms with Crippen LogP contribution < -0.4 is 4.90 Å². The van der Waals surface area contributed by atoms with E-state index in [1.54, 1.807) is 4.90 Å². The van der Waals surface area contributed by atoms with Gasteiger partial charge in [-0.2, -0.15) is 0 Å². The van der Waals surface area contributed by atoms with Crippen LogP contribution in [0.25, 0.3) is 0 Å². The van der Waals surface area contributed by atoms with Crippen molar-refractivity contribution in [3.63, 3.8) is 0 Å². The Bertz CT molecular complexity index is 412. The number of β-amino-alcohol motifs (C(OH)–C–C–N with tert-alkyl or cyclic N) is 1. The second kappa shape index (κ2) is 3.91. The maximum Gasteiger partial charge on any atom is 0.233 e. The van der Waals surface area contributed by atoms with Crippen LogP contribution in [0.15, 0.2) is 24.3 Å². The second-order valence-corrected chi connectivity index (χ2v) is 4.87. The molecule has 0 spiro atoms. The number of nitrogens with zero attached hydrogens (tertiary/aromatic N) is 1. The van der Waals surface area contributed by atoms with Gasteiger partial charge in [-0.15, -0.1) is 0 Å². The summed E-state index contributed by atoms with van der Waals surface area (Å²) in [7, 11) is 0. The predicted octanol–water partition coefficient (Wildman–Crippen LogP) is 1.59. The van der Waals surface area contributed by atoms with E-state index < -0.39 is 0 Å². The minimum absolute atomic E-state index is 0.00382. The van der Waals surface area contributed by atoms with Crippen molar-refractivity contribution in [2.75, 3.05) is 18.1 Å². The molecule has 0 bridgehead atoms. The highest BCUT2D eigenvalue weighted by atomic mass is 16.3. The number of carbonyl (C=O) groups is 1. The molecule has 1 aromatic carbocycles. The molecule has 0 atom stereocenters. The Kier molecular flexibility index (Phi) is 2.72. The van der Waals surface area contributed by atoms with Crippen molar-refractivity contribution in [1.82, 2.24) is 0 Å². The molecule has 0 saturated heterocycles. The summed E-state index contributed by atoms with van der Waals surface area (Å²) in [6, 6.07) is 7.91. The van der Waals surface area contributed by atoms with Crippen molar-refractivity contribution in [3.05, 3.63) is 29.8 Å². The van der Waals surface area contributed by atoms with Gasteiger partial charge < -0.3 is 10.0 Å². The van der Waals surface area contributed by atoms with Crippen LogP contribution in [0.3, 0.4) is 0 Å². The number of aliphatic hydroxyl groups is 1. The molecule has 16 heavy (non-hydrogen) atoms. The predicted molar refractivity (Wildman–Crippen MR) is 63.4 cm³/mol. The van der Waals surface area contributed by atoms with E-state index in [4.69, 9.17) is 5.11 Å². The van der Waals surface area contributed by atoms with Crippen LogP contribution in [0.5, 0.6) is 0 Å². The molecule has 3 heteroatoms. The Morgan fingerprint density at radius 1 is 1.38 bits per heavy atom. The maximum atomic E-state index is 12.2. The van der Waals surface area contributed by atoms with Crippen molar-refractivity contribution >= 4 is 11.6 Å². The van der Waals surface area contributed by atoms with Crippen LogP contribution >= 0.6 is 0 Å². The van der Waals surface area contributed by atoms with Crippen LogP contribution in [0.4, 0.5) is 5.69 Å². The molecule has 1 amide bonds. The number of rotatable bonds is 2. The van der Waals surface area contributed by atoms with Gasteiger partial charge in [0.25, 0.3) is 0 Å². The number of anilines is 1. The first-order valence-electron chi connectivity index (χ1n) is 5.57. The lowest BCUT2D eigenvalue weighted by Crippen LogP contribution is -2.47. The summed E-state index contributed by atoms with van der Waals surface area (Å²) in [5.74, 6) is 0.0975. The molecule has 0 saturated carbocycles. The summed E-state index contributed by atoms with van der Waals surface area (Å²) in [6.45, 7) is 4.28. The van der Waals surface area contributed by atoms with E-state index in [1.807, 2.05) is 38.1 Å². The third-order valence-electron chi connectivity index (χ3n) is 3.06. The fourth-order valence-electron chi connectivity index (χ4n) is 2.27. The average molecular weight is 219 g/mol. The van der Waals surface area contributed by atoms with Gasteiger partial charge in [-0.1, -0.05) is 32.0 Å². The quantitative estimate of drug-likeness (QED) is 0.820. The van der Waals surface area contributed by atoms with Crippen molar-refractivity contribution < 1.29 is 9.90 Å². The molecule has 0 unspecified atom stereocenters. The van der Waals surface area contributed by atoms with Gasteiger partial charge in [-0.05, 0) is 18.1 Å². The summed E-state index contributed by atoms with van der Waals surface area (Å²) in [6.07, 6.45) is 0.768. The third-order valence-corrected chi connectivity index (χ3v) is 3.06. The molecule has 2 rings (SSSR count). The van der Waals surface area contributed by atoms with Gasteiger partial charge in [0.2, 0.25) is 5.91 Å². The topological polar surface area (TPSA) is 40.5 Å². The fourth-order valence-corrected chi connectivity index (χ4v) is 2.27. The largest absolute Gasteiger partial charge is 0.395 e. The number of benzene rings is 1. The lowest BCUT2D eigenvalue weighted by atomic mass is 9.80. The molecule has 86 valence electrons. The molecule has 1 N–H and O–H groups in total. The van der Waals surface area contributed by atoms with E-state index in [1.165, 1.54) is 5.56 Å². The number of aliphatic hydroxyl groups excluding tert-OH is 1. The zero-order valence-corrected chi connectivity index (χ0v) is 9.73. The SMILES string of the molecule is CC1(C)Cc2ccccc2N(CCO)C1=O. The van der Waals surface area contributed by atoms with Gasteiger partial charge >= 0.3 is 0 Å². The molecular weight excluding hydrogens is 202 g/mol. The summed E-state index contributed by atoms with van der Waals surface area (Å²) in [5, 5.41) is 9.04. The monoisotopic (exact) mass is 219 g/mol. The highest BCUT2D eigenvalue weighted by Crippen LogP contribution is 2.36. The van der Waals surface area contributed by atoms with E-state index in [9.17, 15) is 4.79 Å². The standard InChI is InChI=1S/C13H17NO2/c1-13(2)9-10-5-3-4-6-11(10)14(7-8-15)12(13)16/h3-6,15H,7-9H2,1-2H3. The summed E-state index contributed by atoms with van der Waals surface area (Å²) >= 11 is 0. The second-order valence-electron chi connectivity index (χ2n) is 4.87. The summed E-state index contributed by atoms with van der Waals surface area (Å²) in [5.41, 5.74) is 1.75. The molecule has 0 fully saturated rings. The van der Waals surface area contributed by atoms with E-state index in [0.717, 1.165) is 12.1 Å². The highest BCUT2D eigenvalue weighted by molar-refractivity contribution is 6.00. The van der Waals surface area contributed by atoms with Crippen molar-refractivity contribution in [3.8, 4) is 0 Å². The molecule has 3 nitrogen and oxygen atoms in total. The Labute approximate surface area is 95.7 Å². The summed E-state index contributed by atoms with van der Waals surface area (Å²) in [4.78, 5) is 13.9. The van der Waals surface area contributed by atoms with Gasteiger partial charge in [0.1, 0.15) is 0 Å². The lowest BCUT2D eigenvalue weighted by Gasteiger charge is -2.38. The van der Waals surface area contributed by atoms with Gasteiger partial charge in [0, 0.05) is 17.6 Å². The number of carbonyl (C=O) groups excluding carboxylic acids is 1. The molecule has 1 aliphatic rings. The third kappa shape index (κ3) is 1.71. The maximum absolute atomic E-state index is 12.2. The Morgan fingerprint density at radius 2 is 2.06 bits per heavy atom. The normalized spacial score (nSPS) is 18.4. The number of hydrogen-bond donors (Lipinski definition) is 1. The van der Waals surface area contributed by atoms with Gasteiger partial charge in [-0.25, -0.2) is 0 Å². The number of fused-ring (bicyclic) bond motifs is 1. The smallest absolute Gasteiger partial charge is 0.233 e. The lowest BCUT2D eigenvalue weighted by molar-refractivity contribution is -0.127. The number of hydrogen-bond acceptors (Lipinski definition) is 2. The van der Waals surface area contributed by atoms with Crippen LogP contribution in [0.1, 0.15) is 19.4 Å². The molecular formula is C13H17NO2. The van der Waals surface area contributed by atoms with E-state index in [2.05, 4.69) is 0 Å². The molecule has 0 radical (unpaired) electrons. The van der Waals surface area contributed by atoms with Gasteiger partial charge in [0.15, 0.2) is 0 Å². The zero-order valence-electron chi connectivity index (χ0n) is 9.73. The fraction of sp³-hybridized carbons (Fsp3) is 0.462. The van der Waals surface area contributed by atoms with Crippen LogP contribution in [-0.4, -0.2) is 24.2 Å². The molecule has 1 aromatic rings. The first kappa shape index (κ1) is 11.1. The highest BCUT2D eigenvalue weighted by Gasteiger charge is 2.38. The summed E-state index contributed by atoms with van der Waals surface area (Å²) < 4.78 is 0. The van der Waals surface area contributed by atoms with Crippen LogP contribution in [0.2, 0.25) is 0 Å². The van der Waals surface area contributed by atoms with Crippen molar-refractivity contribution in [1.29, 1.82) is 0 Å². The first-order chi connectivity index (χ1) is 7.56. The number of amides is 1. The first-order valence-corrected chi connectivity index (χ1v) is 5.57. The molecule has 1 heterocycles. The Morgan fingerprint density at radius 3 is 2.75 bits per heavy atom. The van der Waals surface area contributed by atoms with Crippen LogP contribution in [0, 0.1) is 5.41 Å². The Hall–Kier alpha value is -1.35. The number of para-hydroxylation sites is 1. The molecule has 0 aliphatic carbocycles. The minimum atomic E-state index is -0.372. The van der Waals surface area contributed by atoms with Crippen molar-refractivity contribution in [2.45, 2.75) is 20.3 Å². The van der Waals surface area contributed by atoms with E-state index in [0.29, 0.717) is 6.54 Å². The van der Waals surface area contributed by atoms with E-state index >= 15 is 0 Å². The average Bonchev–Trinajstić information content (AvgIpc) is 2.24. The zero-order chi connectivity index (χ0) is 11.8. The molecule has 0 aromatic heterocycles.